The molecule has 3 rings (SSSR count). The Balaban J connectivity index is 2.11. The van der Waals surface area contributed by atoms with Crippen molar-refractivity contribution in [1.29, 1.82) is 0 Å². The van der Waals surface area contributed by atoms with Gasteiger partial charge in [-0.15, -0.1) is 0 Å². The van der Waals surface area contributed by atoms with E-state index in [0.717, 1.165) is 11.1 Å². The van der Waals surface area contributed by atoms with Crippen LogP contribution in [0.1, 0.15) is 5.56 Å². The van der Waals surface area contributed by atoms with Gasteiger partial charge in [0.1, 0.15) is 5.82 Å². The summed E-state index contributed by atoms with van der Waals surface area (Å²) >= 11 is 16.9. The highest BCUT2D eigenvalue weighted by atomic mass is 35.5. The first-order valence-electron chi connectivity index (χ1n) is 5.86. The van der Waals surface area contributed by atoms with Crippen molar-refractivity contribution < 1.29 is 4.39 Å². The topological polar surface area (TPSA) is 20.7 Å². The molecule has 0 fully saturated rings. The van der Waals surface area contributed by atoms with Crippen LogP contribution in [0.25, 0.3) is 11.0 Å². The summed E-state index contributed by atoms with van der Waals surface area (Å²) in [5, 5.41) is 0.751. The minimum Gasteiger partial charge on any atom is -0.331 e. The molecule has 1 aromatic heterocycles. The van der Waals surface area contributed by atoms with Gasteiger partial charge in [0, 0.05) is 11.1 Å². The molecule has 1 N–H and O–H groups in total. The molecule has 102 valence electrons. The number of H-pyrrole nitrogens is 1. The van der Waals surface area contributed by atoms with Gasteiger partial charge in [-0.25, -0.2) is 4.39 Å². The van der Waals surface area contributed by atoms with E-state index in [4.69, 9.17) is 35.4 Å². The van der Waals surface area contributed by atoms with Crippen LogP contribution in [0.5, 0.6) is 0 Å². The first-order chi connectivity index (χ1) is 9.54. The van der Waals surface area contributed by atoms with Crippen molar-refractivity contribution in [2.75, 3.05) is 0 Å². The Morgan fingerprint density at radius 2 is 1.85 bits per heavy atom. The van der Waals surface area contributed by atoms with E-state index in [0.29, 0.717) is 21.9 Å². The Morgan fingerprint density at radius 1 is 1.15 bits per heavy atom. The van der Waals surface area contributed by atoms with Crippen LogP contribution < -0.4 is 0 Å². The molecule has 0 radical (unpaired) electrons. The summed E-state index contributed by atoms with van der Waals surface area (Å²) in [6, 6.07) is 10.4. The summed E-state index contributed by atoms with van der Waals surface area (Å²) in [6.45, 7) is 0.539. The van der Waals surface area contributed by atoms with Crippen LogP contribution in [0, 0.1) is 10.6 Å². The molecule has 0 unspecified atom stereocenters. The maximum Gasteiger partial charge on any atom is 0.178 e. The Hall–Kier alpha value is -1.36. The average Bonchev–Trinajstić information content (AvgIpc) is 2.69. The van der Waals surface area contributed by atoms with Gasteiger partial charge in [0.2, 0.25) is 0 Å². The number of fused-ring (bicyclic) bond motifs is 1. The third-order valence-corrected chi connectivity index (χ3v) is 3.93. The van der Waals surface area contributed by atoms with Crippen molar-refractivity contribution in [3.8, 4) is 0 Å². The van der Waals surface area contributed by atoms with Crippen molar-refractivity contribution in [3.05, 3.63) is 62.6 Å². The van der Waals surface area contributed by atoms with E-state index in [1.807, 2.05) is 28.8 Å². The summed E-state index contributed by atoms with van der Waals surface area (Å²) in [5.74, 6) is -0.460. The van der Waals surface area contributed by atoms with Gasteiger partial charge in [-0.05, 0) is 36.0 Å². The van der Waals surface area contributed by atoms with Gasteiger partial charge in [0.15, 0.2) is 4.77 Å². The zero-order valence-corrected chi connectivity index (χ0v) is 12.5. The monoisotopic (exact) mass is 326 g/mol. The predicted octanol–water partition coefficient (Wildman–Crippen LogP) is 5.19. The maximum absolute atomic E-state index is 13.6. The molecular weight excluding hydrogens is 318 g/mol. The van der Waals surface area contributed by atoms with Crippen LogP contribution in [0.15, 0.2) is 36.4 Å². The second kappa shape index (κ2) is 5.20. The van der Waals surface area contributed by atoms with Gasteiger partial charge in [-0.3, -0.25) is 0 Å². The number of aromatic nitrogens is 2. The Kier molecular flexibility index (Phi) is 3.54. The van der Waals surface area contributed by atoms with Gasteiger partial charge in [0.25, 0.3) is 0 Å². The Morgan fingerprint density at radius 3 is 2.55 bits per heavy atom. The molecule has 0 aliphatic heterocycles. The SMILES string of the molecule is Fc1cc2c(cc1Cl)[nH]c(=S)n2Cc1ccc(Cl)cc1. The molecule has 0 bridgehead atoms. The number of aromatic amines is 1. The number of nitrogens with one attached hydrogen (secondary N) is 1. The number of rotatable bonds is 2. The van der Waals surface area contributed by atoms with E-state index >= 15 is 0 Å². The minimum atomic E-state index is -0.460. The molecule has 1 heterocycles. The minimum absolute atomic E-state index is 0.0763. The van der Waals surface area contributed by atoms with Gasteiger partial charge in [0.05, 0.1) is 22.6 Å². The lowest BCUT2D eigenvalue weighted by molar-refractivity contribution is 0.629. The highest BCUT2D eigenvalue weighted by molar-refractivity contribution is 7.71. The molecule has 3 aromatic rings. The Labute approximate surface area is 129 Å². The number of nitrogens with zero attached hydrogens (tertiary/aromatic N) is 1. The second-order valence-electron chi connectivity index (χ2n) is 4.43. The Bertz CT molecular complexity index is 837. The first-order valence-corrected chi connectivity index (χ1v) is 7.03. The van der Waals surface area contributed by atoms with Crippen LogP contribution in [0.2, 0.25) is 10.0 Å². The normalized spacial score (nSPS) is 11.2. The number of benzene rings is 2. The maximum atomic E-state index is 13.6. The molecule has 2 nitrogen and oxygen atoms in total. The molecule has 2 aromatic carbocycles. The highest BCUT2D eigenvalue weighted by Gasteiger charge is 2.09. The van der Waals surface area contributed by atoms with Crippen LogP contribution in [0.4, 0.5) is 4.39 Å². The largest absolute Gasteiger partial charge is 0.331 e. The standard InChI is InChI=1S/C14H9Cl2FN2S/c15-9-3-1-8(2-4-9)7-19-13-6-11(17)10(16)5-12(13)18-14(19)20/h1-6H,7H2,(H,18,20). The summed E-state index contributed by atoms with van der Waals surface area (Å²) in [6.07, 6.45) is 0. The van der Waals surface area contributed by atoms with Crippen LogP contribution >= 0.6 is 35.4 Å². The van der Waals surface area contributed by atoms with Crippen LogP contribution in [-0.4, -0.2) is 9.55 Å². The smallest absolute Gasteiger partial charge is 0.178 e. The van der Waals surface area contributed by atoms with Crippen molar-refractivity contribution in [2.45, 2.75) is 6.54 Å². The van der Waals surface area contributed by atoms with E-state index < -0.39 is 5.82 Å². The molecule has 0 atom stereocenters. The highest BCUT2D eigenvalue weighted by Crippen LogP contribution is 2.23. The summed E-state index contributed by atoms with van der Waals surface area (Å²) in [7, 11) is 0. The molecule has 20 heavy (non-hydrogen) atoms. The fourth-order valence-corrected chi connectivity index (χ4v) is 2.64. The quantitative estimate of drug-likeness (QED) is 0.642. The average molecular weight is 327 g/mol. The predicted molar refractivity (Wildman–Crippen MR) is 82.6 cm³/mol. The van der Waals surface area contributed by atoms with Crippen LogP contribution in [0.3, 0.4) is 0 Å². The summed E-state index contributed by atoms with van der Waals surface area (Å²) in [5.41, 5.74) is 2.43. The van der Waals surface area contributed by atoms with Crippen molar-refractivity contribution in [2.24, 2.45) is 0 Å². The van der Waals surface area contributed by atoms with Crippen molar-refractivity contribution >= 4 is 46.5 Å². The number of imidazole rings is 1. The zero-order valence-electron chi connectivity index (χ0n) is 10.2. The molecule has 0 amide bonds. The zero-order chi connectivity index (χ0) is 14.3. The third-order valence-electron chi connectivity index (χ3n) is 3.07. The van der Waals surface area contributed by atoms with Crippen LogP contribution in [-0.2, 0) is 6.54 Å². The van der Waals surface area contributed by atoms with E-state index in [9.17, 15) is 4.39 Å². The molecular formula is C14H9Cl2FN2S. The van der Waals surface area contributed by atoms with E-state index in [2.05, 4.69) is 4.98 Å². The number of hydrogen-bond donors (Lipinski definition) is 1. The van der Waals surface area contributed by atoms with E-state index in [1.165, 1.54) is 6.07 Å². The lowest BCUT2D eigenvalue weighted by atomic mass is 10.2. The lowest BCUT2D eigenvalue weighted by Crippen LogP contribution is -1.99. The molecule has 6 heteroatoms. The summed E-state index contributed by atoms with van der Waals surface area (Å²) < 4.78 is 16.0. The third kappa shape index (κ3) is 2.46. The number of halogens is 3. The molecule has 0 saturated heterocycles. The van der Waals surface area contributed by atoms with Gasteiger partial charge in [-0.2, -0.15) is 0 Å². The second-order valence-corrected chi connectivity index (χ2v) is 5.66. The fraction of sp³-hybridized carbons (Fsp3) is 0.0714. The summed E-state index contributed by atoms with van der Waals surface area (Å²) in [4.78, 5) is 3.03. The van der Waals surface area contributed by atoms with Gasteiger partial charge >= 0.3 is 0 Å². The van der Waals surface area contributed by atoms with Crippen molar-refractivity contribution in [3.63, 3.8) is 0 Å². The molecule has 0 aliphatic carbocycles. The van der Waals surface area contributed by atoms with Crippen molar-refractivity contribution in [1.82, 2.24) is 9.55 Å². The van der Waals surface area contributed by atoms with E-state index in [1.54, 1.807) is 6.07 Å². The van der Waals surface area contributed by atoms with Gasteiger partial charge < -0.3 is 9.55 Å². The molecule has 0 spiro atoms. The van der Waals surface area contributed by atoms with E-state index in [-0.39, 0.29) is 5.02 Å². The van der Waals surface area contributed by atoms with Gasteiger partial charge in [-0.1, -0.05) is 35.3 Å². The molecule has 0 saturated carbocycles. The number of hydrogen-bond acceptors (Lipinski definition) is 1. The molecule has 0 aliphatic rings. The lowest BCUT2D eigenvalue weighted by Gasteiger charge is -2.05. The first kappa shape index (κ1) is 13.6. The fourth-order valence-electron chi connectivity index (χ4n) is 2.08.